The van der Waals surface area contributed by atoms with E-state index in [2.05, 4.69) is 49.9 Å². The molecule has 0 aromatic rings. The summed E-state index contributed by atoms with van der Waals surface area (Å²) in [5, 5.41) is 9.11. The number of ether oxygens (including phenoxy) is 4. The maximum absolute atomic E-state index is 9.11. The van der Waals surface area contributed by atoms with Crippen LogP contribution in [0.4, 0.5) is 0 Å². The Kier molecular flexibility index (Phi) is 33.8. The molecule has 6 rings (SSSR count). The van der Waals surface area contributed by atoms with Gasteiger partial charge in [0.15, 0.2) is 0 Å². The first-order chi connectivity index (χ1) is 33.9. The molecule has 0 saturated heterocycles. The van der Waals surface area contributed by atoms with E-state index < -0.39 is 0 Å². The molecule has 0 saturated carbocycles. The van der Waals surface area contributed by atoms with Crippen molar-refractivity contribution in [1.29, 1.82) is 5.26 Å². The highest BCUT2D eigenvalue weighted by Gasteiger charge is 2.33. The van der Waals surface area contributed by atoms with Crippen LogP contribution in [0.1, 0.15) is 6.42 Å². The number of thioether (sulfide) groups is 24. The van der Waals surface area contributed by atoms with Crippen LogP contribution in [0.15, 0.2) is 76.3 Å². The zero-order valence-electron chi connectivity index (χ0n) is 38.3. The Morgan fingerprint density at radius 1 is 0.290 bits per heavy atom. The van der Waals surface area contributed by atoms with Gasteiger partial charge < -0.3 is 18.9 Å². The fourth-order valence-corrected chi connectivity index (χ4v) is 37.7. The summed E-state index contributed by atoms with van der Waals surface area (Å²) in [4.78, 5) is 0. The van der Waals surface area contributed by atoms with Crippen molar-refractivity contribution in [1.82, 2.24) is 0 Å². The third-order valence-electron chi connectivity index (χ3n) is 8.06. The minimum atomic E-state index is 0.566. The smallest absolute Gasteiger partial charge is 0.0717 e. The number of rotatable bonds is 32. The molecule has 0 atom stereocenters. The van der Waals surface area contributed by atoms with Crippen molar-refractivity contribution >= 4 is 282 Å². The monoisotopic (exact) mass is 1370 g/mol. The van der Waals surface area contributed by atoms with Gasteiger partial charge in [0.25, 0.3) is 0 Å². The SMILES string of the molecule is CSC1=C(SC)SC(=C2SC(SC)=C(SCCOCCOCCSC3=C(SCCOCCOCCSC4=C(SC)SC(=C5SC(SC)=C(SC)S5)S4)SC(=C4SC(SC)=C(SCCC#N)S4)S3)S2)S1. The first-order valence-electron chi connectivity index (χ1n) is 20.3. The minimum Gasteiger partial charge on any atom is -0.378 e. The van der Waals surface area contributed by atoms with Crippen molar-refractivity contribution < 1.29 is 18.9 Å². The summed E-state index contributed by atoms with van der Waals surface area (Å²) in [5.74, 6) is 4.49. The van der Waals surface area contributed by atoms with Crippen LogP contribution in [-0.4, -0.2) is 125 Å². The Hall–Kier alpha value is 5.39. The fraction of sp³-hybridized carbons (Fsp3) is 0.525. The molecule has 0 aromatic heterocycles. The Labute approximate surface area is 513 Å². The highest BCUT2D eigenvalue weighted by atomic mass is 32.3. The Morgan fingerprint density at radius 2 is 0.478 bits per heavy atom. The van der Waals surface area contributed by atoms with E-state index in [1.54, 1.807) is 0 Å². The zero-order valence-corrected chi connectivity index (χ0v) is 57.9. The predicted octanol–water partition coefficient (Wildman–Crippen LogP) is 20.2. The molecule has 0 aliphatic carbocycles. The maximum Gasteiger partial charge on any atom is 0.0717 e. The third-order valence-corrected chi connectivity index (χ3v) is 41.6. The van der Waals surface area contributed by atoms with Crippen molar-refractivity contribution in [2.75, 3.05) is 125 Å². The van der Waals surface area contributed by atoms with Gasteiger partial charge >= 0.3 is 0 Å². The number of hydrogen-bond donors (Lipinski definition) is 0. The Morgan fingerprint density at radius 3 is 0.696 bits per heavy atom. The van der Waals surface area contributed by atoms with Crippen molar-refractivity contribution in [3.63, 3.8) is 0 Å². The molecule has 0 N–H and O–H groups in total. The summed E-state index contributed by atoms with van der Waals surface area (Å²) in [6.45, 7) is 5.22. The molecule has 29 heteroatoms. The summed E-state index contributed by atoms with van der Waals surface area (Å²) in [6, 6.07) is 2.29. The Balaban J connectivity index is 0.867. The standard InChI is InChI=1S/C40H49NO4S24/c1-46-23-24(47-2)59-35(58-23)37-63-28(51-6)31(66-37)54-19-14-42-10-12-44-16-21-56-33-34(69-40(68-33)39-62-27(50-5)30(65-39)53-18-8-9-41)57-22-17-45-13-11-43-15-20-55-32-29(52-7)64-38(67-32)36-60-25(48-3)26(49-4)61-36/h8,10-22H2,1-7H3. The molecule has 382 valence electrons. The maximum atomic E-state index is 9.11. The molecule has 0 spiro atoms. The van der Waals surface area contributed by atoms with Crippen LogP contribution in [-0.2, 0) is 18.9 Å². The molecule has 0 unspecified atom stereocenters. The van der Waals surface area contributed by atoms with Crippen LogP contribution < -0.4 is 0 Å². The van der Waals surface area contributed by atoms with Gasteiger partial charge in [-0.1, -0.05) is 141 Å². The lowest BCUT2D eigenvalue weighted by Gasteiger charge is -2.08. The largest absolute Gasteiger partial charge is 0.378 e. The second kappa shape index (κ2) is 36.7. The van der Waals surface area contributed by atoms with Crippen LogP contribution in [0.5, 0.6) is 0 Å². The summed E-state index contributed by atoms with van der Waals surface area (Å²) >= 11 is 45.4. The molecule has 6 aliphatic rings. The van der Waals surface area contributed by atoms with Crippen molar-refractivity contribution in [3.8, 4) is 6.07 Å². The van der Waals surface area contributed by atoms with Crippen LogP contribution in [0.25, 0.3) is 0 Å². The van der Waals surface area contributed by atoms with Gasteiger partial charge in [0.1, 0.15) is 0 Å². The quantitative estimate of drug-likeness (QED) is 0.0600. The molecule has 0 radical (unpaired) electrons. The van der Waals surface area contributed by atoms with Crippen LogP contribution in [0.2, 0.25) is 0 Å². The Bertz CT molecular complexity index is 1970. The number of nitrogens with zero attached hydrogens (tertiary/aromatic N) is 1. The van der Waals surface area contributed by atoms with E-state index in [4.69, 9.17) is 24.2 Å². The van der Waals surface area contributed by atoms with Crippen LogP contribution >= 0.6 is 282 Å². The lowest BCUT2D eigenvalue weighted by Crippen LogP contribution is -2.08. The summed E-state index contributed by atoms with van der Waals surface area (Å²) in [7, 11) is 0. The number of hydrogen-bond acceptors (Lipinski definition) is 29. The molecule has 0 bridgehead atoms. The summed E-state index contributed by atoms with van der Waals surface area (Å²) in [6.07, 6.45) is 15.8. The van der Waals surface area contributed by atoms with Crippen molar-refractivity contribution in [2.45, 2.75) is 6.42 Å². The van der Waals surface area contributed by atoms with E-state index in [0.717, 1.165) is 28.8 Å². The molecule has 0 amide bonds. The van der Waals surface area contributed by atoms with Gasteiger partial charge in [-0.3, -0.25) is 0 Å². The fourth-order valence-electron chi connectivity index (χ4n) is 5.06. The van der Waals surface area contributed by atoms with Crippen molar-refractivity contribution in [3.05, 3.63) is 76.3 Å². The summed E-state index contributed by atoms with van der Waals surface area (Å²) in [5.41, 5.74) is 0. The second-order valence-electron chi connectivity index (χ2n) is 12.4. The lowest BCUT2D eigenvalue weighted by molar-refractivity contribution is 0.0605. The first-order valence-corrected chi connectivity index (χ1v) is 43.6. The highest BCUT2D eigenvalue weighted by molar-refractivity contribution is 8.47. The van der Waals surface area contributed by atoms with Gasteiger partial charge in [0.05, 0.1) is 135 Å². The van der Waals surface area contributed by atoms with Gasteiger partial charge in [-0.25, -0.2) is 0 Å². The molecular formula is C40H49NO4S24. The van der Waals surface area contributed by atoms with Crippen LogP contribution in [0, 0.1) is 11.3 Å². The highest BCUT2D eigenvalue weighted by Crippen LogP contribution is 2.68. The predicted molar refractivity (Wildman–Crippen MR) is 365 cm³/mol. The number of nitriles is 1. The van der Waals surface area contributed by atoms with E-state index in [0.29, 0.717) is 59.3 Å². The van der Waals surface area contributed by atoms with Gasteiger partial charge in [-0.2, -0.15) is 5.26 Å². The average molecular weight is 1380 g/mol. The second-order valence-corrected chi connectivity index (χ2v) is 40.6. The van der Waals surface area contributed by atoms with E-state index in [1.165, 1.54) is 76.3 Å². The van der Waals surface area contributed by atoms with Gasteiger partial charge in [-0.15, -0.1) is 141 Å². The topological polar surface area (TPSA) is 60.7 Å². The minimum absolute atomic E-state index is 0.566. The molecule has 0 fully saturated rings. The lowest BCUT2D eigenvalue weighted by atomic mass is 10.6. The summed E-state index contributed by atoms with van der Waals surface area (Å²) < 4.78 is 49.2. The normalized spacial score (nSPS) is 19.2. The molecule has 69 heavy (non-hydrogen) atoms. The zero-order chi connectivity index (χ0) is 48.8. The van der Waals surface area contributed by atoms with Crippen molar-refractivity contribution in [2.24, 2.45) is 0 Å². The molecule has 0 aromatic carbocycles. The molecule has 6 heterocycles. The average Bonchev–Trinajstić information content (AvgIpc) is 4.24. The first kappa shape index (κ1) is 63.6. The molecular weight excluding hydrogens is 1330 g/mol. The molecule has 6 aliphatic heterocycles. The third kappa shape index (κ3) is 20.7. The van der Waals surface area contributed by atoms with Gasteiger partial charge in [-0.05, 0) is 43.8 Å². The van der Waals surface area contributed by atoms with E-state index in [-0.39, 0.29) is 0 Å². The van der Waals surface area contributed by atoms with E-state index >= 15 is 0 Å². The van der Waals surface area contributed by atoms with E-state index in [9.17, 15) is 0 Å². The molecule has 5 nitrogen and oxygen atoms in total. The van der Waals surface area contributed by atoms with Crippen LogP contribution in [0.3, 0.4) is 0 Å². The van der Waals surface area contributed by atoms with Gasteiger partial charge in [0.2, 0.25) is 0 Å². The van der Waals surface area contributed by atoms with E-state index in [1.807, 2.05) is 282 Å². The van der Waals surface area contributed by atoms with Gasteiger partial charge in [0, 0.05) is 35.2 Å².